The summed E-state index contributed by atoms with van der Waals surface area (Å²) in [5, 5.41) is 0. The van der Waals surface area contributed by atoms with Crippen molar-refractivity contribution in [3.8, 4) is 0 Å². The number of hydrogen-bond donors (Lipinski definition) is 0. The highest BCUT2D eigenvalue weighted by Gasteiger charge is 2.42. The first-order chi connectivity index (χ1) is 8.25. The molecule has 2 bridgehead atoms. The fraction of sp³-hybridized carbons (Fsp3) is 0.933. The minimum atomic E-state index is 0.527. The summed E-state index contributed by atoms with van der Waals surface area (Å²) in [7, 11) is 0. The Hall–Kier alpha value is -0.370. The van der Waals surface area contributed by atoms with E-state index in [1.54, 1.807) is 0 Å². The van der Waals surface area contributed by atoms with Crippen LogP contribution in [-0.4, -0.2) is 28.8 Å². The second-order valence-electron chi connectivity index (χ2n) is 6.46. The largest absolute Gasteiger partial charge is 0.300 e. The molecule has 0 spiro atoms. The fourth-order valence-electron chi connectivity index (χ4n) is 4.49. The van der Waals surface area contributed by atoms with Gasteiger partial charge in [-0.15, -0.1) is 0 Å². The molecule has 0 aromatic rings. The van der Waals surface area contributed by atoms with E-state index in [9.17, 15) is 4.79 Å². The zero-order valence-corrected chi connectivity index (χ0v) is 11.0. The van der Waals surface area contributed by atoms with Crippen LogP contribution in [0.25, 0.3) is 0 Å². The molecular weight excluding hydrogens is 210 g/mol. The summed E-state index contributed by atoms with van der Waals surface area (Å²) in [6, 6.07) is 1.98. The molecule has 1 saturated carbocycles. The maximum Gasteiger partial charge on any atom is 0.136 e. The average molecular weight is 235 g/mol. The van der Waals surface area contributed by atoms with Gasteiger partial charge in [-0.2, -0.15) is 0 Å². The van der Waals surface area contributed by atoms with E-state index in [4.69, 9.17) is 0 Å². The van der Waals surface area contributed by atoms with E-state index in [1.165, 1.54) is 44.9 Å². The van der Waals surface area contributed by atoms with Crippen LogP contribution in [0.4, 0.5) is 0 Å². The highest BCUT2D eigenvalue weighted by molar-refractivity contribution is 5.80. The first-order valence-corrected chi connectivity index (χ1v) is 7.55. The zero-order valence-electron chi connectivity index (χ0n) is 11.0. The highest BCUT2D eigenvalue weighted by Crippen LogP contribution is 2.39. The number of piperidine rings is 2. The van der Waals surface area contributed by atoms with E-state index in [0.29, 0.717) is 17.9 Å². The van der Waals surface area contributed by atoms with Gasteiger partial charge < -0.3 is 0 Å². The van der Waals surface area contributed by atoms with Crippen LogP contribution in [0.2, 0.25) is 0 Å². The van der Waals surface area contributed by atoms with Gasteiger partial charge in [-0.3, -0.25) is 9.69 Å². The van der Waals surface area contributed by atoms with Crippen molar-refractivity contribution in [3.05, 3.63) is 0 Å². The van der Waals surface area contributed by atoms with Crippen molar-refractivity contribution in [1.29, 1.82) is 0 Å². The van der Waals surface area contributed by atoms with Crippen LogP contribution in [0, 0.1) is 5.92 Å². The van der Waals surface area contributed by atoms with Crippen LogP contribution in [0.15, 0.2) is 0 Å². The van der Waals surface area contributed by atoms with Crippen LogP contribution < -0.4 is 0 Å². The summed E-state index contributed by atoms with van der Waals surface area (Å²) in [5.74, 6) is 1.37. The first kappa shape index (κ1) is 11.7. The zero-order chi connectivity index (χ0) is 11.8. The van der Waals surface area contributed by atoms with Gasteiger partial charge in [0, 0.05) is 31.0 Å². The number of Topliss-reactive ketones (excluding diaryl/α,β-unsaturated/α-hetero) is 1. The van der Waals surface area contributed by atoms with E-state index >= 15 is 0 Å². The highest BCUT2D eigenvalue weighted by atomic mass is 16.1. The number of ketones is 1. The molecule has 96 valence electrons. The van der Waals surface area contributed by atoms with Gasteiger partial charge in [0.05, 0.1) is 0 Å². The number of rotatable bonds is 1. The molecule has 0 aromatic carbocycles. The topological polar surface area (TPSA) is 20.3 Å². The van der Waals surface area contributed by atoms with Gasteiger partial charge in [0.15, 0.2) is 0 Å². The molecule has 0 N–H and O–H groups in total. The molecule has 0 aromatic heterocycles. The lowest BCUT2D eigenvalue weighted by molar-refractivity contribution is -0.130. The van der Waals surface area contributed by atoms with Crippen molar-refractivity contribution in [2.24, 2.45) is 5.92 Å². The molecule has 3 rings (SSSR count). The van der Waals surface area contributed by atoms with Crippen LogP contribution >= 0.6 is 0 Å². The van der Waals surface area contributed by atoms with Crippen molar-refractivity contribution >= 4 is 5.78 Å². The molecule has 0 amide bonds. The lowest BCUT2D eigenvalue weighted by Crippen LogP contribution is -2.58. The van der Waals surface area contributed by atoms with Crippen LogP contribution in [-0.2, 0) is 4.79 Å². The van der Waals surface area contributed by atoms with Gasteiger partial charge in [0.1, 0.15) is 5.78 Å². The van der Waals surface area contributed by atoms with Gasteiger partial charge in [-0.25, -0.2) is 0 Å². The number of carbonyl (C=O) groups is 1. The summed E-state index contributed by atoms with van der Waals surface area (Å²) < 4.78 is 0. The average Bonchev–Trinajstić information content (AvgIpc) is 2.29. The summed E-state index contributed by atoms with van der Waals surface area (Å²) in [5.41, 5.74) is 0. The molecule has 3 aliphatic rings. The van der Waals surface area contributed by atoms with Crippen molar-refractivity contribution in [2.75, 3.05) is 0 Å². The second-order valence-corrected chi connectivity index (χ2v) is 6.46. The molecule has 0 radical (unpaired) electrons. The Morgan fingerprint density at radius 1 is 0.941 bits per heavy atom. The van der Waals surface area contributed by atoms with Crippen molar-refractivity contribution in [1.82, 2.24) is 4.90 Å². The maximum atomic E-state index is 11.8. The van der Waals surface area contributed by atoms with Crippen molar-refractivity contribution in [2.45, 2.75) is 82.8 Å². The maximum absolute atomic E-state index is 11.8. The Morgan fingerprint density at radius 3 is 2.24 bits per heavy atom. The second kappa shape index (κ2) is 4.72. The predicted octanol–water partition coefficient (Wildman–Crippen LogP) is 3.15. The molecule has 17 heavy (non-hydrogen) atoms. The number of hydrogen-bond acceptors (Lipinski definition) is 2. The van der Waals surface area contributed by atoms with E-state index in [2.05, 4.69) is 11.8 Å². The smallest absolute Gasteiger partial charge is 0.136 e. The molecular formula is C15H25NO. The summed E-state index contributed by atoms with van der Waals surface area (Å²) >= 11 is 0. The summed E-state index contributed by atoms with van der Waals surface area (Å²) in [6.45, 7) is 2.43. The first-order valence-electron chi connectivity index (χ1n) is 7.55. The lowest BCUT2D eigenvalue weighted by atomic mass is 9.77. The quantitative estimate of drug-likeness (QED) is 0.696. The minimum absolute atomic E-state index is 0.527. The van der Waals surface area contributed by atoms with E-state index in [-0.39, 0.29) is 0 Å². The van der Waals surface area contributed by atoms with Crippen molar-refractivity contribution in [3.63, 3.8) is 0 Å². The Morgan fingerprint density at radius 2 is 1.59 bits per heavy atom. The molecule has 2 aliphatic heterocycles. The van der Waals surface area contributed by atoms with E-state index < -0.39 is 0 Å². The van der Waals surface area contributed by atoms with Gasteiger partial charge in [-0.1, -0.05) is 26.2 Å². The normalized spacial score (nSPS) is 43.7. The van der Waals surface area contributed by atoms with Crippen molar-refractivity contribution < 1.29 is 4.79 Å². The summed E-state index contributed by atoms with van der Waals surface area (Å²) in [4.78, 5) is 14.5. The number of nitrogens with zero attached hydrogens (tertiary/aromatic N) is 1. The monoisotopic (exact) mass is 235 g/mol. The molecule has 4 atom stereocenters. The number of carbonyl (C=O) groups excluding carboxylic acids is 1. The fourth-order valence-corrected chi connectivity index (χ4v) is 4.49. The lowest BCUT2D eigenvalue weighted by Gasteiger charge is -2.52. The Bertz CT molecular complexity index is 285. The molecule has 1 aliphatic carbocycles. The third kappa shape index (κ3) is 2.16. The van der Waals surface area contributed by atoms with Crippen LogP contribution in [0.5, 0.6) is 0 Å². The Kier molecular flexibility index (Phi) is 3.25. The summed E-state index contributed by atoms with van der Waals surface area (Å²) in [6.07, 6.45) is 11.2. The third-order valence-electron chi connectivity index (χ3n) is 5.29. The molecule has 2 heterocycles. The van der Waals surface area contributed by atoms with Gasteiger partial charge in [-0.05, 0) is 31.6 Å². The van der Waals surface area contributed by atoms with Gasteiger partial charge in [0.25, 0.3) is 0 Å². The Labute approximate surface area is 105 Å². The minimum Gasteiger partial charge on any atom is -0.300 e. The SMILES string of the molecule is CC1CCCCC1N1C2CCCC1CC(=O)C2. The third-order valence-corrected chi connectivity index (χ3v) is 5.29. The van der Waals surface area contributed by atoms with Gasteiger partial charge in [0.2, 0.25) is 0 Å². The number of fused-ring (bicyclic) bond motifs is 2. The molecule has 2 nitrogen and oxygen atoms in total. The van der Waals surface area contributed by atoms with E-state index in [1.807, 2.05) is 0 Å². The van der Waals surface area contributed by atoms with E-state index in [0.717, 1.165) is 24.8 Å². The van der Waals surface area contributed by atoms with Crippen LogP contribution in [0.1, 0.15) is 64.7 Å². The Balaban J connectivity index is 1.78. The molecule has 2 heteroatoms. The molecule has 4 unspecified atom stereocenters. The standard InChI is InChI=1S/C15H25NO/c1-11-5-2-3-8-15(11)16-12-6-4-7-13(16)10-14(17)9-12/h11-13,15H,2-10H2,1H3. The predicted molar refractivity (Wildman–Crippen MR) is 68.9 cm³/mol. The van der Waals surface area contributed by atoms with Crippen LogP contribution in [0.3, 0.4) is 0 Å². The molecule has 2 saturated heterocycles. The molecule has 3 fully saturated rings. The van der Waals surface area contributed by atoms with Gasteiger partial charge >= 0.3 is 0 Å².